The molecule has 0 aliphatic rings. The lowest BCUT2D eigenvalue weighted by molar-refractivity contribution is -0.137. The van der Waals surface area contributed by atoms with E-state index in [1.165, 1.54) is 6.07 Å². The molecule has 4 nitrogen and oxygen atoms in total. The summed E-state index contributed by atoms with van der Waals surface area (Å²) < 4.78 is 52.2. The maximum atomic E-state index is 13.1. The first-order valence-electron chi connectivity index (χ1n) is 9.62. The molecule has 1 heterocycles. The number of imidazole rings is 1. The van der Waals surface area contributed by atoms with Gasteiger partial charge < -0.3 is 14.0 Å². The molecule has 0 bridgehead atoms. The molecule has 0 saturated carbocycles. The molecule has 0 amide bonds. The smallest absolute Gasteiger partial charge is 0.416 e. The molecule has 0 fully saturated rings. The lowest BCUT2D eigenvalue weighted by atomic mass is 10.1. The molecule has 4 aromatic rings. The van der Waals surface area contributed by atoms with Crippen LogP contribution in [0.15, 0.2) is 60.7 Å². The quantitative estimate of drug-likeness (QED) is 0.357. The van der Waals surface area contributed by atoms with Gasteiger partial charge in [0, 0.05) is 20.3 Å². The van der Waals surface area contributed by atoms with Gasteiger partial charge in [-0.15, -0.1) is 0 Å². The third-order valence-electron chi connectivity index (χ3n) is 4.97. The van der Waals surface area contributed by atoms with Crippen LogP contribution in [0.2, 0.25) is 0 Å². The van der Waals surface area contributed by atoms with E-state index in [2.05, 4.69) is 4.98 Å². The largest absolute Gasteiger partial charge is 0.486 e. The highest BCUT2D eigenvalue weighted by molar-refractivity contribution is 5.83. The van der Waals surface area contributed by atoms with E-state index in [1.807, 2.05) is 47.0 Å². The van der Waals surface area contributed by atoms with Gasteiger partial charge in [0.1, 0.15) is 18.2 Å². The van der Waals surface area contributed by atoms with Crippen molar-refractivity contribution in [2.75, 3.05) is 13.7 Å². The zero-order valence-corrected chi connectivity index (χ0v) is 16.4. The summed E-state index contributed by atoms with van der Waals surface area (Å²) >= 11 is 0. The van der Waals surface area contributed by atoms with E-state index in [1.54, 1.807) is 7.11 Å². The number of fused-ring (bicyclic) bond motifs is 2. The predicted octanol–water partition coefficient (Wildman–Crippen LogP) is 5.82. The standard InChI is InChI=1S/C23H21F3N2O2/c1-29-12-4-11-28-21-10-8-18(23(24,25)26)14-20(21)27-22(28)15-30-19-9-7-16-5-2-3-6-17(16)13-19/h2-3,5-10,13-14H,4,11-12,15H2,1H3. The van der Waals surface area contributed by atoms with E-state index in [-0.39, 0.29) is 6.61 Å². The first kappa shape index (κ1) is 20.2. The first-order valence-corrected chi connectivity index (χ1v) is 9.62. The van der Waals surface area contributed by atoms with Crippen LogP contribution in [0.4, 0.5) is 13.2 Å². The van der Waals surface area contributed by atoms with E-state index in [4.69, 9.17) is 9.47 Å². The average Bonchev–Trinajstić information content (AvgIpc) is 3.08. The summed E-state index contributed by atoms with van der Waals surface area (Å²) in [6.45, 7) is 1.28. The van der Waals surface area contributed by atoms with Gasteiger partial charge in [0.05, 0.1) is 16.6 Å². The Labute approximate surface area is 171 Å². The molecule has 156 valence electrons. The number of hydrogen-bond acceptors (Lipinski definition) is 3. The maximum Gasteiger partial charge on any atom is 0.416 e. The fourth-order valence-electron chi connectivity index (χ4n) is 3.49. The second-order valence-corrected chi connectivity index (χ2v) is 7.02. The summed E-state index contributed by atoms with van der Waals surface area (Å²) in [7, 11) is 1.62. The summed E-state index contributed by atoms with van der Waals surface area (Å²) in [4.78, 5) is 4.44. The van der Waals surface area contributed by atoms with Crippen LogP contribution in [0.5, 0.6) is 5.75 Å². The van der Waals surface area contributed by atoms with Gasteiger partial charge in [0.15, 0.2) is 0 Å². The Hall–Kier alpha value is -3.06. The van der Waals surface area contributed by atoms with Crippen LogP contribution in [-0.2, 0) is 24.1 Å². The molecule has 3 aromatic carbocycles. The Morgan fingerprint density at radius 3 is 2.53 bits per heavy atom. The molecular formula is C23H21F3N2O2. The minimum Gasteiger partial charge on any atom is -0.486 e. The first-order chi connectivity index (χ1) is 14.5. The van der Waals surface area contributed by atoms with E-state index in [9.17, 15) is 13.2 Å². The van der Waals surface area contributed by atoms with Crippen LogP contribution in [0.25, 0.3) is 21.8 Å². The fourth-order valence-corrected chi connectivity index (χ4v) is 3.49. The molecule has 30 heavy (non-hydrogen) atoms. The number of ether oxygens (including phenoxy) is 2. The third-order valence-corrected chi connectivity index (χ3v) is 4.97. The summed E-state index contributed by atoms with van der Waals surface area (Å²) in [5.74, 6) is 1.26. The minimum atomic E-state index is -4.41. The summed E-state index contributed by atoms with van der Waals surface area (Å²) in [6.07, 6.45) is -3.69. The molecule has 0 spiro atoms. The number of methoxy groups -OCH3 is 1. The monoisotopic (exact) mass is 414 g/mol. The van der Waals surface area contributed by atoms with Crippen LogP contribution < -0.4 is 4.74 Å². The molecule has 7 heteroatoms. The number of aromatic nitrogens is 2. The van der Waals surface area contributed by atoms with Gasteiger partial charge in [-0.2, -0.15) is 13.2 Å². The second-order valence-electron chi connectivity index (χ2n) is 7.02. The van der Waals surface area contributed by atoms with Crippen molar-refractivity contribution >= 4 is 21.8 Å². The number of benzene rings is 3. The molecule has 0 atom stereocenters. The van der Waals surface area contributed by atoms with Crippen molar-refractivity contribution in [3.63, 3.8) is 0 Å². The molecule has 0 aliphatic carbocycles. The highest BCUT2D eigenvalue weighted by Crippen LogP contribution is 2.32. The fraction of sp³-hybridized carbons (Fsp3) is 0.261. The Kier molecular flexibility index (Phi) is 5.63. The van der Waals surface area contributed by atoms with Crippen molar-refractivity contribution in [2.45, 2.75) is 25.7 Å². The van der Waals surface area contributed by atoms with Gasteiger partial charge in [0.25, 0.3) is 0 Å². The average molecular weight is 414 g/mol. The van der Waals surface area contributed by atoms with Crippen LogP contribution in [0, 0.1) is 0 Å². The zero-order chi connectivity index (χ0) is 21.1. The SMILES string of the molecule is COCCCn1c(COc2ccc3ccccc3c2)nc2cc(C(F)(F)F)ccc21. The molecule has 0 aliphatic heterocycles. The number of alkyl halides is 3. The molecule has 0 saturated heterocycles. The molecule has 0 radical (unpaired) electrons. The van der Waals surface area contributed by atoms with Gasteiger partial charge in [-0.1, -0.05) is 30.3 Å². The second kappa shape index (κ2) is 8.36. The lowest BCUT2D eigenvalue weighted by Gasteiger charge is -2.11. The summed E-state index contributed by atoms with van der Waals surface area (Å²) in [5, 5.41) is 2.16. The van der Waals surface area contributed by atoms with Gasteiger partial charge >= 0.3 is 6.18 Å². The Balaban J connectivity index is 1.63. The van der Waals surface area contributed by atoms with Gasteiger partial charge in [0.2, 0.25) is 0 Å². The molecule has 0 N–H and O–H groups in total. The predicted molar refractivity (Wildman–Crippen MR) is 110 cm³/mol. The summed E-state index contributed by atoms with van der Waals surface area (Å²) in [5.41, 5.74) is 0.245. The normalized spacial score (nSPS) is 12.0. The van der Waals surface area contributed by atoms with Gasteiger partial charge in [-0.3, -0.25) is 0 Å². The number of halogens is 3. The Morgan fingerprint density at radius 2 is 1.77 bits per heavy atom. The molecule has 0 unspecified atom stereocenters. The van der Waals surface area contributed by atoms with E-state index in [0.717, 1.165) is 22.9 Å². The van der Waals surface area contributed by atoms with E-state index < -0.39 is 11.7 Å². The van der Waals surface area contributed by atoms with E-state index >= 15 is 0 Å². The minimum absolute atomic E-state index is 0.154. The third kappa shape index (κ3) is 4.26. The number of nitrogens with zero attached hydrogens (tertiary/aromatic N) is 2. The Morgan fingerprint density at radius 1 is 0.967 bits per heavy atom. The van der Waals surface area contributed by atoms with Crippen LogP contribution >= 0.6 is 0 Å². The van der Waals surface area contributed by atoms with Crippen molar-refractivity contribution in [3.8, 4) is 5.75 Å². The summed E-state index contributed by atoms with van der Waals surface area (Å²) in [6, 6.07) is 17.4. The van der Waals surface area contributed by atoms with Crippen molar-refractivity contribution < 1.29 is 22.6 Å². The van der Waals surface area contributed by atoms with Crippen molar-refractivity contribution in [1.82, 2.24) is 9.55 Å². The number of hydrogen-bond donors (Lipinski definition) is 0. The highest BCUT2D eigenvalue weighted by atomic mass is 19.4. The van der Waals surface area contributed by atoms with Crippen LogP contribution in [0.3, 0.4) is 0 Å². The number of aryl methyl sites for hydroxylation is 1. The van der Waals surface area contributed by atoms with Crippen molar-refractivity contribution in [1.29, 1.82) is 0 Å². The molecule has 1 aromatic heterocycles. The van der Waals surface area contributed by atoms with Crippen molar-refractivity contribution in [2.24, 2.45) is 0 Å². The number of rotatable bonds is 7. The van der Waals surface area contributed by atoms with Crippen molar-refractivity contribution in [3.05, 3.63) is 72.1 Å². The van der Waals surface area contributed by atoms with Gasteiger partial charge in [-0.25, -0.2) is 4.98 Å². The Bertz CT molecular complexity index is 1170. The highest BCUT2D eigenvalue weighted by Gasteiger charge is 2.31. The lowest BCUT2D eigenvalue weighted by Crippen LogP contribution is -2.09. The van der Waals surface area contributed by atoms with Gasteiger partial charge in [-0.05, 0) is 47.5 Å². The van der Waals surface area contributed by atoms with Crippen LogP contribution in [0.1, 0.15) is 17.8 Å². The molecular weight excluding hydrogens is 393 g/mol. The molecule has 4 rings (SSSR count). The zero-order valence-electron chi connectivity index (χ0n) is 16.4. The maximum absolute atomic E-state index is 13.1. The topological polar surface area (TPSA) is 36.3 Å². The van der Waals surface area contributed by atoms with Crippen LogP contribution in [-0.4, -0.2) is 23.3 Å². The van der Waals surface area contributed by atoms with E-state index in [0.29, 0.717) is 42.2 Å².